The maximum atomic E-state index is 5.90. The number of rotatable bonds is 3. The molecule has 1 aromatic carbocycles. The predicted molar refractivity (Wildman–Crippen MR) is 81.9 cm³/mol. The topological polar surface area (TPSA) is 29.3 Å². The van der Waals surface area contributed by atoms with Crippen LogP contribution in [0.4, 0.5) is 6.01 Å². The first kappa shape index (κ1) is 16.0. The number of hydrogen-bond acceptors (Lipinski definition) is 3. The van der Waals surface area contributed by atoms with Gasteiger partial charge in [0.1, 0.15) is 5.52 Å². The van der Waals surface area contributed by atoms with Gasteiger partial charge in [-0.1, -0.05) is 12.6 Å². The lowest BCUT2D eigenvalue weighted by atomic mass is 10.2. The molecule has 0 N–H and O–H groups in total. The Bertz CT molecular complexity index is 629. The maximum Gasteiger partial charge on any atom is 0.298 e. The molecule has 0 unspecified atom stereocenters. The van der Waals surface area contributed by atoms with Crippen molar-refractivity contribution in [2.24, 2.45) is 0 Å². The lowest BCUT2D eigenvalue weighted by Crippen LogP contribution is -3.00. The maximum absolute atomic E-state index is 5.90. The Labute approximate surface area is 136 Å². The molecule has 1 fully saturated rings. The average Bonchev–Trinajstić information content (AvgIpc) is 2.82. The van der Waals surface area contributed by atoms with E-state index >= 15 is 0 Å². The van der Waals surface area contributed by atoms with Gasteiger partial charge in [-0.05, 0) is 30.7 Å². The predicted octanol–water partition coefficient (Wildman–Crippen LogP) is -0.407. The fourth-order valence-electron chi connectivity index (χ4n) is 2.79. The standard InChI is InChI=1S/C16H22N3O.BrH/c1-4-9-19(3)10-7-18(8-11-19)16-17-14-6-5-13(2)12-15(14)20-16;/h4-6,12H,1,7-11H2,2-3H3;1H/q+1;/p-1. The van der Waals surface area contributed by atoms with Crippen LogP contribution < -0.4 is 21.9 Å². The number of aromatic nitrogens is 1. The molecule has 0 spiro atoms. The Morgan fingerprint density at radius 3 is 2.76 bits per heavy atom. The van der Waals surface area contributed by atoms with Crippen molar-refractivity contribution in [3.63, 3.8) is 0 Å². The van der Waals surface area contributed by atoms with E-state index in [1.165, 1.54) is 5.56 Å². The molecule has 0 amide bonds. The molecule has 0 bridgehead atoms. The summed E-state index contributed by atoms with van der Waals surface area (Å²) in [7, 11) is 2.29. The van der Waals surface area contributed by atoms with Gasteiger partial charge in [-0.2, -0.15) is 4.98 Å². The molecule has 2 heterocycles. The molecule has 4 nitrogen and oxygen atoms in total. The Balaban J connectivity index is 0.00000161. The second-order valence-corrected chi connectivity index (χ2v) is 5.99. The van der Waals surface area contributed by atoms with E-state index in [-0.39, 0.29) is 17.0 Å². The summed E-state index contributed by atoms with van der Waals surface area (Å²) in [4.78, 5) is 6.85. The van der Waals surface area contributed by atoms with Gasteiger partial charge < -0.3 is 30.8 Å². The first-order valence-corrected chi connectivity index (χ1v) is 7.16. The second-order valence-electron chi connectivity index (χ2n) is 5.99. The van der Waals surface area contributed by atoms with E-state index in [0.717, 1.165) is 54.3 Å². The normalized spacial score (nSPS) is 17.5. The van der Waals surface area contributed by atoms with E-state index in [4.69, 9.17) is 4.42 Å². The van der Waals surface area contributed by atoms with Gasteiger partial charge in [0, 0.05) is 0 Å². The van der Waals surface area contributed by atoms with Crippen LogP contribution in [0.3, 0.4) is 0 Å². The van der Waals surface area contributed by atoms with Crippen LogP contribution in [0, 0.1) is 6.92 Å². The van der Waals surface area contributed by atoms with E-state index in [2.05, 4.69) is 36.5 Å². The third-order valence-corrected chi connectivity index (χ3v) is 4.19. The Morgan fingerprint density at radius 2 is 2.10 bits per heavy atom. The SMILES string of the molecule is C=CC[N+]1(C)CCN(c2nc3ccc(C)cc3o2)CC1.[Br-]. The molecule has 0 atom stereocenters. The van der Waals surface area contributed by atoms with Crippen LogP contribution in [0.1, 0.15) is 5.56 Å². The Kier molecular flexibility index (Phi) is 4.74. The highest BCUT2D eigenvalue weighted by Gasteiger charge is 2.29. The van der Waals surface area contributed by atoms with E-state index in [0.29, 0.717) is 0 Å². The number of oxazole rings is 1. The number of quaternary nitrogens is 1. The van der Waals surface area contributed by atoms with Crippen LogP contribution in [0.5, 0.6) is 0 Å². The molecular weight excluding hydrogens is 330 g/mol. The molecule has 1 aliphatic heterocycles. The number of halogens is 1. The van der Waals surface area contributed by atoms with E-state index < -0.39 is 0 Å². The molecular formula is C16H22BrN3O. The summed E-state index contributed by atoms with van der Waals surface area (Å²) in [5.41, 5.74) is 3.03. The lowest BCUT2D eigenvalue weighted by Gasteiger charge is -2.40. The minimum atomic E-state index is 0. The fraction of sp³-hybridized carbons (Fsp3) is 0.438. The number of likely N-dealkylation sites (N-methyl/N-ethyl adjacent to an activating group) is 1. The van der Waals surface area contributed by atoms with Crippen LogP contribution in [-0.4, -0.2) is 49.2 Å². The highest BCUT2D eigenvalue weighted by atomic mass is 79.9. The molecule has 1 aliphatic rings. The number of fused-ring (bicyclic) bond motifs is 1. The zero-order chi connectivity index (χ0) is 14.2. The van der Waals surface area contributed by atoms with Crippen LogP contribution in [-0.2, 0) is 0 Å². The van der Waals surface area contributed by atoms with Crippen LogP contribution in [0.25, 0.3) is 11.1 Å². The summed E-state index contributed by atoms with van der Waals surface area (Å²) < 4.78 is 6.96. The number of benzene rings is 1. The molecule has 21 heavy (non-hydrogen) atoms. The summed E-state index contributed by atoms with van der Waals surface area (Å²) >= 11 is 0. The number of nitrogens with zero attached hydrogens (tertiary/aromatic N) is 3. The van der Waals surface area contributed by atoms with Crippen molar-refractivity contribution in [1.29, 1.82) is 0 Å². The quantitative estimate of drug-likeness (QED) is 0.556. The summed E-state index contributed by atoms with van der Waals surface area (Å²) in [5, 5.41) is 0. The van der Waals surface area contributed by atoms with Gasteiger partial charge in [0.15, 0.2) is 5.58 Å². The minimum Gasteiger partial charge on any atom is -1.00 e. The zero-order valence-corrected chi connectivity index (χ0v) is 14.3. The summed E-state index contributed by atoms with van der Waals surface area (Å²) in [6.45, 7) is 11.1. The van der Waals surface area contributed by atoms with Crippen molar-refractivity contribution in [3.05, 3.63) is 36.4 Å². The number of hydrogen-bond donors (Lipinski definition) is 0. The van der Waals surface area contributed by atoms with Gasteiger partial charge in [-0.15, -0.1) is 0 Å². The fourth-order valence-corrected chi connectivity index (χ4v) is 2.79. The van der Waals surface area contributed by atoms with Gasteiger partial charge in [0.25, 0.3) is 6.01 Å². The van der Waals surface area contributed by atoms with Gasteiger partial charge >= 0.3 is 0 Å². The number of piperazine rings is 1. The number of aryl methyl sites for hydroxylation is 1. The van der Waals surface area contributed by atoms with Crippen molar-refractivity contribution < 1.29 is 25.9 Å². The second kappa shape index (κ2) is 6.20. The highest BCUT2D eigenvalue weighted by molar-refractivity contribution is 5.75. The Hall–Kier alpha value is -1.33. The molecule has 0 aliphatic carbocycles. The molecule has 1 aromatic heterocycles. The highest BCUT2D eigenvalue weighted by Crippen LogP contribution is 2.24. The molecule has 3 rings (SSSR count). The third kappa shape index (κ3) is 3.30. The summed E-state index contributed by atoms with van der Waals surface area (Å²) in [6, 6.07) is 6.91. The van der Waals surface area contributed by atoms with Crippen LogP contribution >= 0.6 is 0 Å². The molecule has 2 aromatic rings. The van der Waals surface area contributed by atoms with Crippen molar-refractivity contribution in [2.45, 2.75) is 6.92 Å². The zero-order valence-electron chi connectivity index (χ0n) is 12.7. The molecule has 0 radical (unpaired) electrons. The van der Waals surface area contributed by atoms with Gasteiger partial charge in [0.2, 0.25) is 0 Å². The van der Waals surface area contributed by atoms with Crippen LogP contribution in [0.2, 0.25) is 0 Å². The van der Waals surface area contributed by atoms with E-state index in [9.17, 15) is 0 Å². The van der Waals surface area contributed by atoms with Crippen molar-refractivity contribution >= 4 is 17.1 Å². The van der Waals surface area contributed by atoms with E-state index in [1.807, 2.05) is 18.2 Å². The molecule has 1 saturated heterocycles. The summed E-state index contributed by atoms with van der Waals surface area (Å²) in [6.07, 6.45) is 2.01. The van der Waals surface area contributed by atoms with Gasteiger partial charge in [0.05, 0.1) is 39.8 Å². The monoisotopic (exact) mass is 351 g/mol. The van der Waals surface area contributed by atoms with Gasteiger partial charge in [-0.25, -0.2) is 0 Å². The van der Waals surface area contributed by atoms with Crippen molar-refractivity contribution in [2.75, 3.05) is 44.7 Å². The van der Waals surface area contributed by atoms with Crippen molar-refractivity contribution in [1.82, 2.24) is 4.98 Å². The first-order chi connectivity index (χ1) is 9.59. The van der Waals surface area contributed by atoms with Crippen LogP contribution in [0.15, 0.2) is 35.3 Å². The molecule has 5 heteroatoms. The Morgan fingerprint density at radius 1 is 1.38 bits per heavy atom. The van der Waals surface area contributed by atoms with E-state index in [1.54, 1.807) is 0 Å². The van der Waals surface area contributed by atoms with Crippen molar-refractivity contribution in [3.8, 4) is 0 Å². The first-order valence-electron chi connectivity index (χ1n) is 7.16. The van der Waals surface area contributed by atoms with Gasteiger partial charge in [-0.3, -0.25) is 0 Å². The third-order valence-electron chi connectivity index (χ3n) is 4.19. The molecule has 0 saturated carbocycles. The summed E-state index contributed by atoms with van der Waals surface area (Å²) in [5.74, 6) is 0. The smallest absolute Gasteiger partial charge is 0.298 e. The lowest BCUT2D eigenvalue weighted by molar-refractivity contribution is -0.904. The molecule has 114 valence electrons. The number of anilines is 1. The average molecular weight is 352 g/mol. The minimum absolute atomic E-state index is 0. The largest absolute Gasteiger partial charge is 1.00 e.